The van der Waals surface area contributed by atoms with Crippen molar-refractivity contribution in [2.75, 3.05) is 18.9 Å². The van der Waals surface area contributed by atoms with Crippen LogP contribution in [0.2, 0.25) is 0 Å². The van der Waals surface area contributed by atoms with Gasteiger partial charge in [-0.1, -0.05) is 42.6 Å². The van der Waals surface area contributed by atoms with Crippen LogP contribution in [0.1, 0.15) is 40.5 Å². The Morgan fingerprint density at radius 3 is 2.00 bits per heavy atom. The molecule has 0 heterocycles. The van der Waals surface area contributed by atoms with Gasteiger partial charge < -0.3 is 4.90 Å². The maximum atomic E-state index is 3.56. The zero-order valence-corrected chi connectivity index (χ0v) is 11.3. The monoisotopic (exact) mass is 249 g/mol. The zero-order valence-electron chi connectivity index (χ0n) is 9.73. The van der Waals surface area contributed by atoms with Gasteiger partial charge >= 0.3 is 0 Å². The van der Waals surface area contributed by atoms with Crippen LogP contribution in [-0.4, -0.2) is 29.4 Å². The van der Waals surface area contributed by atoms with Gasteiger partial charge in [0.05, 0.1) is 0 Å². The minimum atomic E-state index is 0.280. The summed E-state index contributed by atoms with van der Waals surface area (Å²) in [6.45, 7) is 10.3. The first kappa shape index (κ1) is 13.4. The largest absolute Gasteiger partial charge is 0.300 e. The lowest BCUT2D eigenvalue weighted by atomic mass is 9.99. The van der Waals surface area contributed by atoms with Crippen molar-refractivity contribution < 1.29 is 0 Å². The van der Waals surface area contributed by atoms with Crippen LogP contribution in [0.15, 0.2) is 0 Å². The van der Waals surface area contributed by atoms with E-state index in [0.717, 1.165) is 11.2 Å². The Morgan fingerprint density at radius 2 is 1.69 bits per heavy atom. The molecular weight excluding hydrogens is 226 g/mol. The molecule has 0 aromatic heterocycles. The topological polar surface area (TPSA) is 3.24 Å². The second kappa shape index (κ2) is 6.02. The lowest BCUT2D eigenvalue weighted by molar-refractivity contribution is 0.150. The van der Waals surface area contributed by atoms with Crippen molar-refractivity contribution in [1.29, 1.82) is 0 Å². The molecule has 0 aromatic rings. The Labute approximate surface area is 92.0 Å². The molecule has 0 atom stereocenters. The highest BCUT2D eigenvalue weighted by Gasteiger charge is 2.23. The van der Waals surface area contributed by atoms with E-state index in [4.69, 9.17) is 0 Å². The summed E-state index contributed by atoms with van der Waals surface area (Å²) < 4.78 is 0. The van der Waals surface area contributed by atoms with Crippen molar-refractivity contribution in [2.24, 2.45) is 5.92 Å². The summed E-state index contributed by atoms with van der Waals surface area (Å²) in [5.74, 6) is 0.850. The maximum Gasteiger partial charge on any atom is 0.0247 e. The van der Waals surface area contributed by atoms with E-state index in [2.05, 4.69) is 55.6 Å². The standard InChI is InChI=1S/C11H24BrN/c1-6-10(7-2)8-13(5)11(3,4)9-12/h10H,6-9H2,1-5H3. The molecule has 0 aliphatic carbocycles. The molecule has 0 saturated heterocycles. The van der Waals surface area contributed by atoms with Crippen LogP contribution in [0.4, 0.5) is 0 Å². The first-order chi connectivity index (χ1) is 5.97. The summed E-state index contributed by atoms with van der Waals surface area (Å²) in [6.07, 6.45) is 2.58. The van der Waals surface area contributed by atoms with Crippen molar-refractivity contribution >= 4 is 15.9 Å². The van der Waals surface area contributed by atoms with Crippen molar-refractivity contribution in [1.82, 2.24) is 4.90 Å². The van der Waals surface area contributed by atoms with Gasteiger partial charge in [-0.05, 0) is 26.8 Å². The van der Waals surface area contributed by atoms with Crippen molar-refractivity contribution in [3.63, 3.8) is 0 Å². The summed E-state index contributed by atoms with van der Waals surface area (Å²) in [6, 6.07) is 0. The summed E-state index contributed by atoms with van der Waals surface area (Å²) in [5.41, 5.74) is 0.280. The Balaban J connectivity index is 4.04. The first-order valence-corrected chi connectivity index (χ1v) is 6.37. The fourth-order valence-electron chi connectivity index (χ4n) is 1.28. The maximum absolute atomic E-state index is 3.56. The van der Waals surface area contributed by atoms with E-state index < -0.39 is 0 Å². The minimum Gasteiger partial charge on any atom is -0.300 e. The summed E-state index contributed by atoms with van der Waals surface area (Å²) in [4.78, 5) is 2.46. The molecule has 0 rings (SSSR count). The first-order valence-electron chi connectivity index (χ1n) is 5.25. The molecule has 0 unspecified atom stereocenters. The fraction of sp³-hybridized carbons (Fsp3) is 1.00. The molecule has 0 fully saturated rings. The van der Waals surface area contributed by atoms with Crippen molar-refractivity contribution in [3.8, 4) is 0 Å². The van der Waals surface area contributed by atoms with E-state index in [9.17, 15) is 0 Å². The average Bonchev–Trinajstić information content (AvgIpc) is 2.13. The molecule has 80 valence electrons. The normalized spacial score (nSPS) is 12.9. The van der Waals surface area contributed by atoms with E-state index in [0.29, 0.717) is 0 Å². The van der Waals surface area contributed by atoms with Gasteiger partial charge in [0.2, 0.25) is 0 Å². The highest BCUT2D eigenvalue weighted by Crippen LogP contribution is 2.19. The van der Waals surface area contributed by atoms with Crippen LogP contribution in [0.25, 0.3) is 0 Å². The van der Waals surface area contributed by atoms with Gasteiger partial charge in [0, 0.05) is 17.4 Å². The molecule has 2 heteroatoms. The number of rotatable bonds is 6. The van der Waals surface area contributed by atoms with Gasteiger partial charge in [-0.2, -0.15) is 0 Å². The van der Waals surface area contributed by atoms with Crippen LogP contribution < -0.4 is 0 Å². The number of nitrogens with zero attached hydrogens (tertiary/aromatic N) is 1. The average molecular weight is 250 g/mol. The lowest BCUT2D eigenvalue weighted by Gasteiger charge is -2.36. The van der Waals surface area contributed by atoms with Crippen molar-refractivity contribution in [3.05, 3.63) is 0 Å². The molecule has 0 saturated carbocycles. The molecule has 0 amide bonds. The third-order valence-electron chi connectivity index (χ3n) is 3.05. The molecule has 13 heavy (non-hydrogen) atoms. The second-order valence-corrected chi connectivity index (χ2v) is 5.07. The van der Waals surface area contributed by atoms with E-state index in [1.165, 1.54) is 19.4 Å². The van der Waals surface area contributed by atoms with Gasteiger partial charge in [-0.3, -0.25) is 0 Å². The molecule has 0 aliphatic rings. The Hall–Kier alpha value is 0.440. The molecule has 1 nitrogen and oxygen atoms in total. The molecule has 0 bridgehead atoms. The molecular formula is C11H24BrN. The minimum absolute atomic E-state index is 0.280. The van der Waals surface area contributed by atoms with E-state index in [1.54, 1.807) is 0 Å². The highest BCUT2D eigenvalue weighted by molar-refractivity contribution is 9.09. The van der Waals surface area contributed by atoms with E-state index >= 15 is 0 Å². The smallest absolute Gasteiger partial charge is 0.0247 e. The van der Waals surface area contributed by atoms with Crippen LogP contribution in [-0.2, 0) is 0 Å². The van der Waals surface area contributed by atoms with Crippen molar-refractivity contribution in [2.45, 2.75) is 46.1 Å². The summed E-state index contributed by atoms with van der Waals surface area (Å²) in [5, 5.41) is 1.04. The van der Waals surface area contributed by atoms with E-state index in [1.807, 2.05) is 0 Å². The molecule has 0 radical (unpaired) electrons. The van der Waals surface area contributed by atoms with Gasteiger partial charge in [0.1, 0.15) is 0 Å². The quantitative estimate of drug-likeness (QED) is 0.652. The zero-order chi connectivity index (χ0) is 10.5. The van der Waals surface area contributed by atoms with Crippen LogP contribution >= 0.6 is 15.9 Å². The number of hydrogen-bond acceptors (Lipinski definition) is 1. The molecule has 0 N–H and O–H groups in total. The Kier molecular flexibility index (Phi) is 6.23. The van der Waals surface area contributed by atoms with Crippen LogP contribution in [0.5, 0.6) is 0 Å². The Morgan fingerprint density at radius 1 is 1.23 bits per heavy atom. The third kappa shape index (κ3) is 4.46. The Bertz CT molecular complexity index is 130. The summed E-state index contributed by atoms with van der Waals surface area (Å²) in [7, 11) is 2.22. The van der Waals surface area contributed by atoms with Gasteiger partial charge in [-0.15, -0.1) is 0 Å². The highest BCUT2D eigenvalue weighted by atomic mass is 79.9. The second-order valence-electron chi connectivity index (χ2n) is 4.51. The molecule has 0 aliphatic heterocycles. The summed E-state index contributed by atoms with van der Waals surface area (Å²) >= 11 is 3.56. The molecule has 0 aromatic carbocycles. The van der Waals surface area contributed by atoms with Crippen LogP contribution in [0, 0.1) is 5.92 Å². The van der Waals surface area contributed by atoms with E-state index in [-0.39, 0.29) is 5.54 Å². The van der Waals surface area contributed by atoms with Crippen LogP contribution in [0.3, 0.4) is 0 Å². The number of halogens is 1. The predicted octanol–water partition coefficient (Wildman–Crippen LogP) is 3.53. The number of hydrogen-bond donors (Lipinski definition) is 0. The predicted molar refractivity (Wildman–Crippen MR) is 64.6 cm³/mol. The van der Waals surface area contributed by atoms with Gasteiger partial charge in [-0.25, -0.2) is 0 Å². The lowest BCUT2D eigenvalue weighted by Crippen LogP contribution is -2.44. The van der Waals surface area contributed by atoms with Gasteiger partial charge in [0.25, 0.3) is 0 Å². The number of alkyl halides is 1. The third-order valence-corrected chi connectivity index (χ3v) is 4.42. The fourth-order valence-corrected chi connectivity index (χ4v) is 1.71. The SMILES string of the molecule is CCC(CC)CN(C)C(C)(C)CBr. The molecule has 0 spiro atoms. The van der Waals surface area contributed by atoms with Gasteiger partial charge in [0.15, 0.2) is 0 Å².